The monoisotopic (exact) mass is 255 g/mol. The van der Waals surface area contributed by atoms with Crippen molar-refractivity contribution >= 4 is 11.9 Å². The van der Waals surface area contributed by atoms with Gasteiger partial charge >= 0.3 is 5.97 Å². The van der Waals surface area contributed by atoms with Crippen LogP contribution in [0.2, 0.25) is 0 Å². The van der Waals surface area contributed by atoms with Crippen molar-refractivity contribution in [2.75, 3.05) is 13.7 Å². The number of carboxylic acid groups (broad SMARTS) is 1. The van der Waals surface area contributed by atoms with E-state index in [0.29, 0.717) is 5.75 Å². The number of hydrogen-bond donors (Lipinski definition) is 4. The van der Waals surface area contributed by atoms with E-state index in [4.69, 9.17) is 14.9 Å². The lowest BCUT2D eigenvalue weighted by atomic mass is 10.1. The molecule has 7 heteroatoms. The number of hydrogen-bond acceptors (Lipinski definition) is 5. The first kappa shape index (κ1) is 13.8. The van der Waals surface area contributed by atoms with Gasteiger partial charge in [-0.1, -0.05) is 0 Å². The number of amides is 1. The molecule has 0 aliphatic heterocycles. The maximum absolute atomic E-state index is 11.7. The molecule has 1 rings (SSSR count). The number of carbonyl (C=O) groups is 2. The second-order valence-corrected chi connectivity index (χ2v) is 3.43. The fourth-order valence-corrected chi connectivity index (χ4v) is 1.25. The molecule has 0 bridgehead atoms. The summed E-state index contributed by atoms with van der Waals surface area (Å²) in [7, 11) is 1.39. The van der Waals surface area contributed by atoms with E-state index in [9.17, 15) is 14.7 Å². The summed E-state index contributed by atoms with van der Waals surface area (Å²) in [6.45, 7) is -0.744. The lowest BCUT2D eigenvalue weighted by molar-refractivity contribution is -0.140. The fraction of sp³-hybridized carbons (Fsp3) is 0.273. The third-order valence-corrected chi connectivity index (χ3v) is 2.23. The third-order valence-electron chi connectivity index (χ3n) is 2.23. The fourth-order valence-electron chi connectivity index (χ4n) is 1.25. The summed E-state index contributed by atoms with van der Waals surface area (Å²) >= 11 is 0. The van der Waals surface area contributed by atoms with Crippen LogP contribution in [0.4, 0.5) is 0 Å². The van der Waals surface area contributed by atoms with Gasteiger partial charge in [0.1, 0.15) is 11.5 Å². The molecule has 18 heavy (non-hydrogen) atoms. The Bertz CT molecular complexity index is 459. The van der Waals surface area contributed by atoms with Gasteiger partial charge in [-0.3, -0.25) is 4.79 Å². The molecule has 1 aromatic rings. The first-order valence-corrected chi connectivity index (χ1v) is 5.01. The largest absolute Gasteiger partial charge is 0.507 e. The van der Waals surface area contributed by atoms with Crippen molar-refractivity contribution in [3.8, 4) is 11.5 Å². The second kappa shape index (κ2) is 5.87. The predicted octanol–water partition coefficient (Wildman–Crippen LogP) is -0.424. The van der Waals surface area contributed by atoms with Crippen molar-refractivity contribution < 1.29 is 29.6 Å². The minimum Gasteiger partial charge on any atom is -0.507 e. The summed E-state index contributed by atoms with van der Waals surface area (Å²) in [6, 6.07) is 2.54. The molecule has 0 aliphatic rings. The summed E-state index contributed by atoms with van der Waals surface area (Å²) in [4.78, 5) is 22.3. The van der Waals surface area contributed by atoms with Crippen LogP contribution in [0.1, 0.15) is 10.4 Å². The maximum Gasteiger partial charge on any atom is 0.328 e. The second-order valence-electron chi connectivity index (χ2n) is 3.43. The van der Waals surface area contributed by atoms with Crippen LogP contribution in [0.15, 0.2) is 18.2 Å². The highest BCUT2D eigenvalue weighted by atomic mass is 16.5. The number of aliphatic hydroxyl groups excluding tert-OH is 1. The number of rotatable bonds is 5. The Morgan fingerprint density at radius 3 is 2.61 bits per heavy atom. The number of aliphatic carboxylic acids is 1. The Hall–Kier alpha value is -2.28. The van der Waals surface area contributed by atoms with Crippen LogP contribution in [0.5, 0.6) is 11.5 Å². The number of phenols is 1. The van der Waals surface area contributed by atoms with E-state index in [1.165, 1.54) is 25.3 Å². The Labute approximate surface area is 103 Å². The highest BCUT2D eigenvalue weighted by Crippen LogP contribution is 2.22. The molecule has 0 aliphatic carbocycles. The Morgan fingerprint density at radius 1 is 1.44 bits per heavy atom. The van der Waals surface area contributed by atoms with Crippen molar-refractivity contribution in [2.24, 2.45) is 0 Å². The molecule has 0 aromatic heterocycles. The third kappa shape index (κ3) is 3.11. The molecule has 0 fully saturated rings. The van der Waals surface area contributed by atoms with Gasteiger partial charge < -0.3 is 25.4 Å². The van der Waals surface area contributed by atoms with E-state index in [2.05, 4.69) is 5.32 Å². The molecule has 98 valence electrons. The average Bonchev–Trinajstić information content (AvgIpc) is 2.35. The van der Waals surface area contributed by atoms with Crippen LogP contribution in [-0.4, -0.2) is 47.0 Å². The molecule has 0 heterocycles. The molecule has 0 saturated carbocycles. The molecule has 7 nitrogen and oxygen atoms in total. The number of ether oxygens (including phenoxy) is 1. The number of nitrogens with one attached hydrogen (secondary N) is 1. The van der Waals surface area contributed by atoms with Gasteiger partial charge in [0.15, 0.2) is 6.04 Å². The first-order chi connectivity index (χ1) is 8.49. The lowest BCUT2D eigenvalue weighted by Gasteiger charge is -2.12. The van der Waals surface area contributed by atoms with Gasteiger partial charge in [0.2, 0.25) is 0 Å². The number of carbonyl (C=O) groups excluding carboxylic acids is 1. The van der Waals surface area contributed by atoms with E-state index in [1.54, 1.807) is 0 Å². The van der Waals surface area contributed by atoms with Gasteiger partial charge in [0, 0.05) is 0 Å². The molecule has 1 atom stereocenters. The predicted molar refractivity (Wildman–Crippen MR) is 60.6 cm³/mol. The van der Waals surface area contributed by atoms with Crippen molar-refractivity contribution in [1.29, 1.82) is 0 Å². The number of benzene rings is 1. The molecular formula is C11H13NO6. The highest BCUT2D eigenvalue weighted by Gasteiger charge is 2.21. The minimum atomic E-state index is -1.43. The standard InChI is InChI=1S/C11H13NO6/c1-18-6-2-3-9(14)7(4-6)10(15)12-8(5-13)11(16)17/h2-4,8,13-14H,5H2,1H3,(H,12,15)(H,16,17)/t8-/m1/s1. The maximum atomic E-state index is 11.7. The van der Waals surface area contributed by atoms with Gasteiger partial charge in [-0.15, -0.1) is 0 Å². The van der Waals surface area contributed by atoms with Crippen molar-refractivity contribution in [3.63, 3.8) is 0 Å². The lowest BCUT2D eigenvalue weighted by Crippen LogP contribution is -2.43. The van der Waals surface area contributed by atoms with Gasteiger partial charge in [-0.05, 0) is 18.2 Å². The van der Waals surface area contributed by atoms with Gasteiger partial charge in [-0.25, -0.2) is 4.79 Å². The number of aliphatic hydroxyl groups is 1. The van der Waals surface area contributed by atoms with Crippen molar-refractivity contribution in [1.82, 2.24) is 5.32 Å². The van der Waals surface area contributed by atoms with Crippen molar-refractivity contribution in [3.05, 3.63) is 23.8 Å². The quantitative estimate of drug-likeness (QED) is 0.567. The van der Waals surface area contributed by atoms with E-state index in [-0.39, 0.29) is 11.3 Å². The minimum absolute atomic E-state index is 0.131. The summed E-state index contributed by atoms with van der Waals surface area (Å²) in [5, 5.41) is 29.0. The van der Waals surface area contributed by atoms with Crippen LogP contribution in [-0.2, 0) is 4.79 Å². The zero-order chi connectivity index (χ0) is 13.7. The summed E-state index contributed by atoms with van der Waals surface area (Å²) in [5.74, 6) is -2.15. The summed E-state index contributed by atoms with van der Waals surface area (Å²) < 4.78 is 4.88. The SMILES string of the molecule is COc1ccc(O)c(C(=O)N[C@H](CO)C(=O)O)c1. The molecule has 0 saturated heterocycles. The van der Waals surface area contributed by atoms with Crippen molar-refractivity contribution in [2.45, 2.75) is 6.04 Å². The summed E-state index contributed by atoms with van der Waals surface area (Å²) in [5.41, 5.74) is -0.131. The van der Waals surface area contributed by atoms with E-state index >= 15 is 0 Å². The zero-order valence-electron chi connectivity index (χ0n) is 9.58. The Kier molecular flexibility index (Phi) is 4.50. The molecular weight excluding hydrogens is 242 g/mol. The molecule has 0 spiro atoms. The van der Waals surface area contributed by atoms with Crippen LogP contribution in [0.25, 0.3) is 0 Å². The topological polar surface area (TPSA) is 116 Å². The zero-order valence-corrected chi connectivity index (χ0v) is 9.58. The molecule has 0 unspecified atom stereocenters. The van der Waals surface area contributed by atoms with E-state index in [0.717, 1.165) is 0 Å². The van der Waals surface area contributed by atoms with Crippen LogP contribution in [0, 0.1) is 0 Å². The van der Waals surface area contributed by atoms with Crippen LogP contribution >= 0.6 is 0 Å². The van der Waals surface area contributed by atoms with Gasteiger partial charge in [0.25, 0.3) is 5.91 Å². The highest BCUT2D eigenvalue weighted by molar-refractivity contribution is 5.99. The first-order valence-electron chi connectivity index (χ1n) is 5.01. The van der Waals surface area contributed by atoms with Crippen LogP contribution in [0.3, 0.4) is 0 Å². The van der Waals surface area contributed by atoms with E-state index < -0.39 is 24.5 Å². The average molecular weight is 255 g/mol. The van der Waals surface area contributed by atoms with Gasteiger partial charge in [0.05, 0.1) is 19.3 Å². The molecule has 1 amide bonds. The smallest absolute Gasteiger partial charge is 0.328 e. The number of methoxy groups -OCH3 is 1. The number of phenolic OH excluding ortho intramolecular Hbond substituents is 1. The molecule has 4 N–H and O–H groups in total. The van der Waals surface area contributed by atoms with E-state index in [1.807, 2.05) is 0 Å². The molecule has 0 radical (unpaired) electrons. The molecule has 1 aromatic carbocycles. The number of carboxylic acids is 1. The Morgan fingerprint density at radius 2 is 2.11 bits per heavy atom. The summed E-state index contributed by atoms with van der Waals surface area (Å²) in [6.07, 6.45) is 0. The van der Waals surface area contributed by atoms with Gasteiger partial charge in [-0.2, -0.15) is 0 Å². The Balaban J connectivity index is 2.93. The van der Waals surface area contributed by atoms with Crippen LogP contribution < -0.4 is 10.1 Å². The normalized spacial score (nSPS) is 11.7. The number of aromatic hydroxyl groups is 1.